The van der Waals surface area contributed by atoms with E-state index in [0.717, 1.165) is 12.1 Å². The maximum atomic E-state index is 12.6. The summed E-state index contributed by atoms with van der Waals surface area (Å²) in [5.74, 6) is 0.545. The van der Waals surface area contributed by atoms with Crippen molar-refractivity contribution in [3.8, 4) is 0 Å². The van der Waals surface area contributed by atoms with E-state index in [0.29, 0.717) is 12.3 Å². The minimum atomic E-state index is -0.186. The third-order valence-electron chi connectivity index (χ3n) is 4.89. The molecule has 3 unspecified atom stereocenters. The van der Waals surface area contributed by atoms with Crippen molar-refractivity contribution in [1.29, 1.82) is 0 Å². The van der Waals surface area contributed by atoms with E-state index in [1.807, 2.05) is 20.8 Å². The third kappa shape index (κ3) is 2.85. The molecular formula is C17H27NO3. The fourth-order valence-electron chi connectivity index (χ4n) is 3.57. The number of nitrogens with zero attached hydrogens (tertiary/aromatic N) is 1. The number of allylic oxidation sites excluding steroid dienone is 1. The van der Waals surface area contributed by atoms with Crippen molar-refractivity contribution >= 4 is 11.9 Å². The zero-order valence-corrected chi connectivity index (χ0v) is 13.8. The molecule has 0 bridgehead atoms. The van der Waals surface area contributed by atoms with E-state index in [-0.39, 0.29) is 41.8 Å². The zero-order chi connectivity index (χ0) is 15.9. The van der Waals surface area contributed by atoms with Crippen molar-refractivity contribution in [3.05, 3.63) is 12.3 Å². The van der Waals surface area contributed by atoms with Crippen LogP contribution in [0.2, 0.25) is 0 Å². The maximum Gasteiger partial charge on any atom is 0.309 e. The molecule has 21 heavy (non-hydrogen) atoms. The quantitative estimate of drug-likeness (QED) is 0.749. The summed E-state index contributed by atoms with van der Waals surface area (Å²) in [7, 11) is 0. The third-order valence-corrected chi connectivity index (χ3v) is 4.89. The number of likely N-dealkylation sites (tertiary alicyclic amines) is 1. The number of hydrogen-bond donors (Lipinski definition) is 0. The van der Waals surface area contributed by atoms with Crippen LogP contribution in [0.1, 0.15) is 47.5 Å². The summed E-state index contributed by atoms with van der Waals surface area (Å²) in [4.78, 5) is 26.4. The lowest BCUT2D eigenvalue weighted by Gasteiger charge is -2.28. The molecule has 2 aliphatic heterocycles. The Balaban J connectivity index is 2.20. The van der Waals surface area contributed by atoms with E-state index < -0.39 is 0 Å². The van der Waals surface area contributed by atoms with Crippen LogP contribution in [0.4, 0.5) is 0 Å². The molecule has 118 valence electrons. The Morgan fingerprint density at radius 2 is 1.71 bits per heavy atom. The van der Waals surface area contributed by atoms with Crippen LogP contribution < -0.4 is 0 Å². The van der Waals surface area contributed by atoms with Crippen molar-refractivity contribution in [2.75, 3.05) is 0 Å². The molecule has 0 aromatic rings. The molecule has 0 aromatic heterocycles. The Morgan fingerprint density at radius 1 is 1.14 bits per heavy atom. The smallest absolute Gasteiger partial charge is 0.309 e. The van der Waals surface area contributed by atoms with Gasteiger partial charge in [-0.2, -0.15) is 0 Å². The SMILES string of the molecule is C=C(C)N1C(=O)C(C(C)C)CC1C1C[C@@H](C(C)C)C(=O)O1. The van der Waals surface area contributed by atoms with Gasteiger partial charge in [-0.1, -0.05) is 34.3 Å². The predicted octanol–water partition coefficient (Wildman–Crippen LogP) is 2.98. The number of rotatable bonds is 4. The van der Waals surface area contributed by atoms with E-state index in [1.165, 1.54) is 0 Å². The number of carbonyl (C=O) groups is 2. The van der Waals surface area contributed by atoms with Crippen molar-refractivity contribution in [3.63, 3.8) is 0 Å². The standard InChI is InChI=1S/C17H27NO3/c1-9(2)12-7-14(18(11(5)6)16(12)19)15-8-13(10(3)4)17(20)21-15/h9-10,12-15H,5,7-8H2,1-4,6H3/t12?,13-,14?,15?/m0/s1. The largest absolute Gasteiger partial charge is 0.460 e. The number of esters is 1. The first kappa shape index (κ1) is 16.1. The molecule has 0 N–H and O–H groups in total. The highest BCUT2D eigenvalue weighted by atomic mass is 16.6. The topological polar surface area (TPSA) is 46.6 Å². The molecule has 4 heteroatoms. The predicted molar refractivity (Wildman–Crippen MR) is 81.2 cm³/mol. The van der Waals surface area contributed by atoms with Crippen molar-refractivity contribution in [2.24, 2.45) is 23.7 Å². The van der Waals surface area contributed by atoms with Crippen LogP contribution in [0.25, 0.3) is 0 Å². The van der Waals surface area contributed by atoms with Gasteiger partial charge >= 0.3 is 5.97 Å². The molecule has 2 saturated heterocycles. The number of ether oxygens (including phenoxy) is 1. The molecule has 1 amide bonds. The first-order valence-corrected chi connectivity index (χ1v) is 7.93. The highest BCUT2D eigenvalue weighted by molar-refractivity contribution is 5.84. The van der Waals surface area contributed by atoms with Gasteiger partial charge < -0.3 is 9.64 Å². The van der Waals surface area contributed by atoms with Crippen LogP contribution in [0.15, 0.2) is 12.3 Å². The highest BCUT2D eigenvalue weighted by Gasteiger charge is 2.49. The summed E-state index contributed by atoms with van der Waals surface area (Å²) in [6.07, 6.45) is 1.28. The molecule has 2 fully saturated rings. The van der Waals surface area contributed by atoms with Crippen LogP contribution in [0.5, 0.6) is 0 Å². The zero-order valence-electron chi connectivity index (χ0n) is 13.8. The second-order valence-corrected chi connectivity index (χ2v) is 7.16. The van der Waals surface area contributed by atoms with Gasteiger partial charge in [0.15, 0.2) is 0 Å². The van der Waals surface area contributed by atoms with E-state index in [9.17, 15) is 9.59 Å². The second kappa shape index (κ2) is 5.82. The summed E-state index contributed by atoms with van der Waals surface area (Å²) in [6.45, 7) is 14.0. The average molecular weight is 293 g/mol. The Hall–Kier alpha value is -1.32. The molecule has 0 radical (unpaired) electrons. The summed E-state index contributed by atoms with van der Waals surface area (Å²) < 4.78 is 5.60. The van der Waals surface area contributed by atoms with Gasteiger partial charge in [-0.3, -0.25) is 9.59 Å². The van der Waals surface area contributed by atoms with Crippen molar-refractivity contribution in [2.45, 2.75) is 59.6 Å². The number of hydrogen-bond acceptors (Lipinski definition) is 3. The Labute approximate surface area is 127 Å². The van der Waals surface area contributed by atoms with Crippen LogP contribution in [-0.4, -0.2) is 28.9 Å². The fraction of sp³-hybridized carbons (Fsp3) is 0.765. The second-order valence-electron chi connectivity index (χ2n) is 7.16. The fourth-order valence-corrected chi connectivity index (χ4v) is 3.57. The lowest BCUT2D eigenvalue weighted by Crippen LogP contribution is -2.40. The molecule has 0 aromatic carbocycles. The Bertz CT molecular complexity index is 455. The lowest BCUT2D eigenvalue weighted by molar-refractivity contribution is -0.148. The van der Waals surface area contributed by atoms with Gasteiger partial charge in [-0.15, -0.1) is 0 Å². The molecule has 2 aliphatic rings. The summed E-state index contributed by atoms with van der Waals surface area (Å²) >= 11 is 0. The van der Waals surface area contributed by atoms with Gasteiger partial charge in [-0.25, -0.2) is 0 Å². The van der Waals surface area contributed by atoms with Crippen LogP contribution in [0.3, 0.4) is 0 Å². The first-order chi connectivity index (χ1) is 9.73. The average Bonchev–Trinajstić information content (AvgIpc) is 2.89. The van der Waals surface area contributed by atoms with Gasteiger partial charge in [0.1, 0.15) is 6.10 Å². The number of carbonyl (C=O) groups excluding carboxylic acids is 2. The number of amides is 1. The molecular weight excluding hydrogens is 266 g/mol. The monoisotopic (exact) mass is 293 g/mol. The van der Waals surface area contributed by atoms with Crippen LogP contribution in [0, 0.1) is 23.7 Å². The molecule has 2 rings (SSSR count). The summed E-state index contributed by atoms with van der Waals surface area (Å²) in [5.41, 5.74) is 0.747. The van der Waals surface area contributed by atoms with Gasteiger partial charge in [0.2, 0.25) is 5.91 Å². The van der Waals surface area contributed by atoms with Gasteiger partial charge in [0, 0.05) is 11.6 Å². The molecule has 2 heterocycles. The normalized spacial score (nSPS) is 33.2. The lowest BCUT2D eigenvalue weighted by atomic mass is 9.88. The highest BCUT2D eigenvalue weighted by Crippen LogP contribution is 2.39. The van der Waals surface area contributed by atoms with E-state index >= 15 is 0 Å². The van der Waals surface area contributed by atoms with Gasteiger partial charge in [-0.05, 0) is 31.6 Å². The minimum absolute atomic E-state index is 0.00324. The molecule has 4 nitrogen and oxygen atoms in total. The van der Waals surface area contributed by atoms with Crippen LogP contribution in [-0.2, 0) is 14.3 Å². The van der Waals surface area contributed by atoms with Crippen molar-refractivity contribution < 1.29 is 14.3 Å². The van der Waals surface area contributed by atoms with Gasteiger partial charge in [0.05, 0.1) is 12.0 Å². The van der Waals surface area contributed by atoms with E-state index in [1.54, 1.807) is 4.90 Å². The molecule has 0 aliphatic carbocycles. The maximum absolute atomic E-state index is 12.6. The summed E-state index contributed by atoms with van der Waals surface area (Å²) in [6, 6.07) is -0.0462. The summed E-state index contributed by atoms with van der Waals surface area (Å²) in [5, 5.41) is 0. The molecule has 0 saturated carbocycles. The van der Waals surface area contributed by atoms with Gasteiger partial charge in [0.25, 0.3) is 0 Å². The van der Waals surface area contributed by atoms with E-state index in [4.69, 9.17) is 4.74 Å². The number of cyclic esters (lactones) is 1. The van der Waals surface area contributed by atoms with E-state index in [2.05, 4.69) is 20.4 Å². The minimum Gasteiger partial charge on any atom is -0.460 e. The molecule has 0 spiro atoms. The Kier molecular flexibility index (Phi) is 4.45. The van der Waals surface area contributed by atoms with Crippen molar-refractivity contribution in [1.82, 2.24) is 4.90 Å². The Morgan fingerprint density at radius 3 is 2.14 bits per heavy atom. The molecule has 4 atom stereocenters. The first-order valence-electron chi connectivity index (χ1n) is 7.93. The van der Waals surface area contributed by atoms with Crippen LogP contribution >= 0.6 is 0 Å².